The SMILES string of the molecule is CC1(C)C(OC(=O)CCCC=O)CCC2(C)C1CCC1(C)C2CCC2(N)C3CCCC3CCC12. The minimum absolute atomic E-state index is 0.00946. The van der Waals surface area contributed by atoms with Crippen molar-refractivity contribution in [2.24, 2.45) is 51.6 Å². The molecule has 0 heterocycles. The van der Waals surface area contributed by atoms with Crippen molar-refractivity contribution in [1.82, 2.24) is 0 Å². The molecule has 0 saturated heterocycles. The molecule has 9 unspecified atom stereocenters. The molecule has 0 spiro atoms. The maximum absolute atomic E-state index is 12.5. The number of hydrogen-bond acceptors (Lipinski definition) is 4. The Balaban J connectivity index is 1.36. The van der Waals surface area contributed by atoms with Crippen molar-refractivity contribution < 1.29 is 14.3 Å². The van der Waals surface area contributed by atoms with Gasteiger partial charge in [-0.3, -0.25) is 4.79 Å². The Bertz CT molecular complexity index is 809. The molecule has 0 amide bonds. The van der Waals surface area contributed by atoms with Gasteiger partial charge in [0.15, 0.2) is 0 Å². The maximum Gasteiger partial charge on any atom is 0.306 e. The number of hydrogen-bond donors (Lipinski definition) is 1. The number of fused-ring (bicyclic) bond motifs is 7. The normalized spacial score (nSPS) is 49.2. The number of rotatable bonds is 5. The van der Waals surface area contributed by atoms with Gasteiger partial charge in [-0.05, 0) is 105 Å². The molecule has 5 rings (SSSR count). The van der Waals surface area contributed by atoms with E-state index in [1.54, 1.807) is 0 Å². The standard InChI is InChI=1S/C30H49NO3/c1-27(2)22-13-16-29(4)23(14-18-30(31)21-9-7-8-20(21)11-12-24(29)30)28(22,3)17-15-25(27)34-26(33)10-5-6-19-32/h19-25H,5-18,31H2,1-4H3. The number of esters is 1. The van der Waals surface area contributed by atoms with Gasteiger partial charge in [-0.15, -0.1) is 0 Å². The molecule has 0 aromatic heterocycles. The van der Waals surface area contributed by atoms with Crippen LogP contribution in [-0.4, -0.2) is 23.9 Å². The maximum atomic E-state index is 12.5. The second-order valence-corrected chi connectivity index (χ2v) is 14.1. The van der Waals surface area contributed by atoms with E-state index in [0.717, 1.165) is 36.9 Å². The fraction of sp³-hybridized carbons (Fsp3) is 0.933. The molecule has 5 aliphatic rings. The quantitative estimate of drug-likeness (QED) is 0.284. The summed E-state index contributed by atoms with van der Waals surface area (Å²) in [6.45, 7) is 9.95. The van der Waals surface area contributed by atoms with E-state index >= 15 is 0 Å². The van der Waals surface area contributed by atoms with E-state index in [1.165, 1.54) is 57.8 Å². The Labute approximate surface area is 207 Å². The molecule has 0 aromatic carbocycles. The highest BCUT2D eigenvalue weighted by Crippen LogP contribution is 2.72. The van der Waals surface area contributed by atoms with E-state index in [-0.39, 0.29) is 23.0 Å². The Hall–Kier alpha value is -0.900. The molecule has 5 fully saturated rings. The van der Waals surface area contributed by atoms with Crippen molar-refractivity contribution in [3.63, 3.8) is 0 Å². The predicted molar refractivity (Wildman–Crippen MR) is 135 cm³/mol. The first-order valence-corrected chi connectivity index (χ1v) is 14.5. The molecular weight excluding hydrogens is 422 g/mol. The van der Waals surface area contributed by atoms with Gasteiger partial charge < -0.3 is 15.3 Å². The minimum Gasteiger partial charge on any atom is -0.462 e. The van der Waals surface area contributed by atoms with Gasteiger partial charge in [0.2, 0.25) is 0 Å². The smallest absolute Gasteiger partial charge is 0.306 e. The van der Waals surface area contributed by atoms with E-state index in [2.05, 4.69) is 27.7 Å². The van der Waals surface area contributed by atoms with Crippen LogP contribution in [0.1, 0.15) is 118 Å². The van der Waals surface area contributed by atoms with Crippen LogP contribution in [0.25, 0.3) is 0 Å². The number of ether oxygens (including phenoxy) is 1. The highest BCUT2D eigenvalue weighted by atomic mass is 16.5. The van der Waals surface area contributed by atoms with E-state index < -0.39 is 0 Å². The van der Waals surface area contributed by atoms with Crippen LogP contribution in [0.4, 0.5) is 0 Å². The van der Waals surface area contributed by atoms with Gasteiger partial charge in [0.1, 0.15) is 12.4 Å². The van der Waals surface area contributed by atoms with Crippen molar-refractivity contribution >= 4 is 12.3 Å². The van der Waals surface area contributed by atoms with Crippen molar-refractivity contribution in [2.75, 3.05) is 0 Å². The second kappa shape index (κ2) is 8.60. The molecule has 4 nitrogen and oxygen atoms in total. The van der Waals surface area contributed by atoms with Crippen LogP contribution in [0.3, 0.4) is 0 Å². The summed E-state index contributed by atoms with van der Waals surface area (Å²) in [5.74, 6) is 3.51. The monoisotopic (exact) mass is 471 g/mol. The first kappa shape index (κ1) is 24.8. The summed E-state index contributed by atoms with van der Waals surface area (Å²) in [5.41, 5.74) is 8.15. The third kappa shape index (κ3) is 3.55. The molecule has 0 aromatic rings. The lowest BCUT2D eigenvalue weighted by Crippen LogP contribution is -2.69. The summed E-state index contributed by atoms with van der Waals surface area (Å²) in [6, 6.07) is 0. The molecule has 4 heteroatoms. The average molecular weight is 472 g/mol. The van der Waals surface area contributed by atoms with E-state index in [1.807, 2.05) is 0 Å². The lowest BCUT2D eigenvalue weighted by atomic mass is 9.35. The van der Waals surface area contributed by atoms with E-state index in [9.17, 15) is 9.59 Å². The number of aldehydes is 1. The Morgan fingerprint density at radius 2 is 1.59 bits per heavy atom. The molecule has 0 aliphatic heterocycles. The average Bonchev–Trinajstić information content (AvgIpc) is 3.26. The largest absolute Gasteiger partial charge is 0.462 e. The van der Waals surface area contributed by atoms with Crippen molar-refractivity contribution in [1.29, 1.82) is 0 Å². The predicted octanol–water partition coefficient (Wildman–Crippen LogP) is 6.44. The Morgan fingerprint density at radius 3 is 2.35 bits per heavy atom. The Kier molecular flexibility index (Phi) is 6.26. The van der Waals surface area contributed by atoms with Crippen LogP contribution in [0, 0.1) is 45.8 Å². The van der Waals surface area contributed by atoms with Crippen LogP contribution in [0.2, 0.25) is 0 Å². The van der Waals surface area contributed by atoms with Gasteiger partial charge >= 0.3 is 5.97 Å². The summed E-state index contributed by atoms with van der Waals surface area (Å²) >= 11 is 0. The van der Waals surface area contributed by atoms with Gasteiger partial charge in [-0.25, -0.2) is 0 Å². The zero-order chi connectivity index (χ0) is 24.4. The van der Waals surface area contributed by atoms with Crippen LogP contribution in [-0.2, 0) is 14.3 Å². The number of carbonyl (C=O) groups is 2. The lowest BCUT2D eigenvalue weighted by Gasteiger charge is -2.70. The third-order valence-corrected chi connectivity index (χ3v) is 12.5. The minimum atomic E-state index is -0.122. The summed E-state index contributed by atoms with van der Waals surface area (Å²) in [5, 5.41) is 0. The zero-order valence-corrected chi connectivity index (χ0v) is 22.2. The Morgan fingerprint density at radius 1 is 0.882 bits per heavy atom. The van der Waals surface area contributed by atoms with Gasteiger partial charge in [0.25, 0.3) is 0 Å². The molecule has 9 atom stereocenters. The van der Waals surface area contributed by atoms with E-state index in [4.69, 9.17) is 10.5 Å². The highest BCUT2D eigenvalue weighted by molar-refractivity contribution is 5.70. The summed E-state index contributed by atoms with van der Waals surface area (Å²) in [6.07, 6.45) is 16.3. The van der Waals surface area contributed by atoms with Gasteiger partial charge in [-0.2, -0.15) is 0 Å². The summed E-state index contributed by atoms with van der Waals surface area (Å²) in [4.78, 5) is 23.1. The fourth-order valence-electron chi connectivity index (χ4n) is 11.1. The molecule has 5 aliphatic carbocycles. The zero-order valence-electron chi connectivity index (χ0n) is 22.2. The molecule has 0 bridgehead atoms. The number of unbranched alkanes of at least 4 members (excludes halogenated alkanes) is 1. The number of carbonyl (C=O) groups excluding carboxylic acids is 2. The summed E-state index contributed by atoms with van der Waals surface area (Å²) < 4.78 is 6.08. The first-order valence-electron chi connectivity index (χ1n) is 14.5. The molecule has 5 saturated carbocycles. The molecule has 34 heavy (non-hydrogen) atoms. The first-order chi connectivity index (χ1) is 16.1. The van der Waals surface area contributed by atoms with Crippen LogP contribution < -0.4 is 5.73 Å². The topological polar surface area (TPSA) is 69.4 Å². The second-order valence-electron chi connectivity index (χ2n) is 14.1. The van der Waals surface area contributed by atoms with Crippen molar-refractivity contribution in [3.8, 4) is 0 Å². The van der Waals surface area contributed by atoms with Gasteiger partial charge in [0.05, 0.1) is 0 Å². The summed E-state index contributed by atoms with van der Waals surface area (Å²) in [7, 11) is 0. The third-order valence-electron chi connectivity index (χ3n) is 12.5. The van der Waals surface area contributed by atoms with Crippen molar-refractivity contribution in [3.05, 3.63) is 0 Å². The fourth-order valence-corrected chi connectivity index (χ4v) is 11.1. The van der Waals surface area contributed by atoms with E-state index in [0.29, 0.717) is 41.9 Å². The van der Waals surface area contributed by atoms with Crippen LogP contribution in [0.5, 0.6) is 0 Å². The molecular formula is C30H49NO3. The van der Waals surface area contributed by atoms with Crippen molar-refractivity contribution in [2.45, 2.75) is 129 Å². The molecule has 2 N–H and O–H groups in total. The molecule has 0 radical (unpaired) electrons. The highest BCUT2D eigenvalue weighted by Gasteiger charge is 2.68. The van der Waals surface area contributed by atoms with Gasteiger partial charge in [0, 0.05) is 23.8 Å². The number of nitrogens with two attached hydrogens (primary N) is 1. The molecule has 192 valence electrons. The lowest BCUT2D eigenvalue weighted by molar-refractivity contribution is -0.221. The van der Waals surface area contributed by atoms with Crippen LogP contribution in [0.15, 0.2) is 0 Å². The van der Waals surface area contributed by atoms with Gasteiger partial charge in [-0.1, -0.05) is 40.5 Å². The van der Waals surface area contributed by atoms with Crippen LogP contribution >= 0.6 is 0 Å².